The van der Waals surface area contributed by atoms with Crippen LogP contribution in [0.3, 0.4) is 0 Å². The number of rotatable bonds is 20. The Hall–Kier alpha value is -8.85. The van der Waals surface area contributed by atoms with E-state index in [1.807, 2.05) is 0 Å². The predicted molar refractivity (Wildman–Crippen MR) is 461 cm³/mol. The molecule has 113 heavy (non-hydrogen) atoms. The molecular formula is C91H74Cu3F6N2O4P7. The first-order valence-corrected chi connectivity index (χ1v) is 45.5. The largest absolute Gasteiger partial charge is 1.00 e. The third-order valence-corrected chi connectivity index (χ3v) is 34.0. The van der Waals surface area contributed by atoms with Gasteiger partial charge < -0.3 is 12.8 Å². The summed E-state index contributed by atoms with van der Waals surface area (Å²) in [6.07, 6.45) is 13.4. The number of halogens is 6. The zero-order valence-electron chi connectivity index (χ0n) is 60.2. The van der Waals surface area contributed by atoms with E-state index in [9.17, 15) is 45.4 Å². The van der Waals surface area contributed by atoms with Gasteiger partial charge in [0.15, 0.2) is 0 Å². The van der Waals surface area contributed by atoms with Gasteiger partial charge in [-0.1, -0.05) is 364 Å². The first-order valence-electron chi connectivity index (χ1n) is 34.3. The minimum absolute atomic E-state index is 0. The quantitative estimate of drug-likeness (QED) is 0.0145. The number of nitro benzene ring substituents is 2. The van der Waals surface area contributed by atoms with Crippen LogP contribution in [0.5, 0.6) is 0 Å². The third-order valence-electron chi connectivity index (χ3n) is 16.1. The van der Waals surface area contributed by atoms with Crippen LogP contribution < -0.4 is 63.7 Å². The molecule has 0 aliphatic rings. The maximum Gasteiger partial charge on any atom is 1.00 e. The molecule has 14 rings (SSSR count). The zero-order chi connectivity index (χ0) is 77.9. The van der Waals surface area contributed by atoms with Crippen molar-refractivity contribution in [3.63, 3.8) is 0 Å². The summed E-state index contributed by atoms with van der Waals surface area (Å²) < 4.78 is 59.2. The van der Waals surface area contributed by atoms with Gasteiger partial charge in [-0.05, 0) is 135 Å². The Labute approximate surface area is 697 Å². The minimum atomic E-state index is -10.7. The van der Waals surface area contributed by atoms with Gasteiger partial charge >= 0.3 is 84.2 Å². The predicted octanol–water partition coefficient (Wildman–Crippen LogP) is 22.1. The topological polar surface area (TPSA) is 86.3 Å². The van der Waals surface area contributed by atoms with Crippen molar-refractivity contribution < 1.29 is 86.2 Å². The van der Waals surface area contributed by atoms with E-state index in [2.05, 4.69) is 376 Å². The van der Waals surface area contributed by atoms with Crippen molar-refractivity contribution in [1.82, 2.24) is 0 Å². The summed E-state index contributed by atoms with van der Waals surface area (Å²) in [7, 11) is -13.1. The summed E-state index contributed by atoms with van der Waals surface area (Å²) in [5, 5.41) is 37.8. The van der Waals surface area contributed by atoms with Crippen LogP contribution in [-0.2, 0) is 51.2 Å². The molecule has 0 radical (unpaired) electrons. The van der Waals surface area contributed by atoms with Crippen molar-refractivity contribution in [3.8, 4) is 11.8 Å². The van der Waals surface area contributed by atoms with Crippen LogP contribution >= 0.6 is 55.3 Å². The van der Waals surface area contributed by atoms with Gasteiger partial charge in [0, 0.05) is 17.7 Å². The Morgan fingerprint density at radius 1 is 0.230 bits per heavy atom. The zero-order valence-corrected chi connectivity index (χ0v) is 69.3. The van der Waals surface area contributed by atoms with Crippen LogP contribution in [0.2, 0.25) is 0 Å². The molecule has 0 saturated carbocycles. The van der Waals surface area contributed by atoms with Crippen LogP contribution in [0.15, 0.2) is 413 Å². The Kier molecular flexibility index (Phi) is 38.8. The van der Waals surface area contributed by atoms with Gasteiger partial charge in [-0.25, -0.2) is 0 Å². The van der Waals surface area contributed by atoms with Crippen molar-refractivity contribution in [2.24, 2.45) is 0 Å². The first kappa shape index (κ1) is 93.0. The molecular weight excluding hydrogens is 1710 g/mol. The number of nitrogens with zero attached hydrogens (tertiary/aromatic N) is 2. The standard InChI is InChI=1S/3C25H22P2.2C8H4NO2.3Cu.F6P/c3*1-5-13-22(14-6-1)26(23-15-7-2-8-16-23)21-27(24-17-9-3-10-18-24)25-19-11-4-12-20-25;2*1-2-7-3-5-8(6-4-7)9(10)11;;;;1-7(2,3,4,5)6/h3*1-20H,21H2;2*3-6H;;;;/q;;;2*-1;3*+1;-1. The van der Waals surface area contributed by atoms with Crippen LogP contribution in [0.1, 0.15) is 11.1 Å². The fraction of sp³-hybridized carbons (Fsp3) is 0.0330. The number of non-ortho nitro benzene ring substituents is 2. The summed E-state index contributed by atoms with van der Waals surface area (Å²) in [4.78, 5) is 19.3. The molecule has 0 unspecified atom stereocenters. The summed E-state index contributed by atoms with van der Waals surface area (Å²) >= 11 is 0. The molecule has 6 nitrogen and oxygen atoms in total. The van der Waals surface area contributed by atoms with Crippen LogP contribution in [0.25, 0.3) is 0 Å². The summed E-state index contributed by atoms with van der Waals surface area (Å²) in [6.45, 7) is 0. The Balaban J connectivity index is 0.000000222. The molecule has 0 saturated heterocycles. The average Bonchev–Trinajstić information content (AvgIpc) is 0.808. The van der Waals surface area contributed by atoms with Crippen LogP contribution in [0, 0.1) is 44.9 Å². The Morgan fingerprint density at radius 2 is 0.336 bits per heavy atom. The molecule has 0 aliphatic heterocycles. The van der Waals surface area contributed by atoms with E-state index in [1.54, 1.807) is 0 Å². The smallest absolute Gasteiger partial charge is 0.366 e. The molecule has 0 heterocycles. The molecule has 14 aromatic carbocycles. The summed E-state index contributed by atoms with van der Waals surface area (Å²) in [5.41, 5.74) is 1.14. The Morgan fingerprint density at radius 3 is 0.425 bits per heavy atom. The molecule has 0 atom stereocenters. The van der Waals surface area contributed by atoms with Gasteiger partial charge in [-0.2, -0.15) is 0 Å². The molecule has 0 bridgehead atoms. The van der Waals surface area contributed by atoms with Gasteiger partial charge in [0.2, 0.25) is 0 Å². The van der Waals surface area contributed by atoms with Crippen LogP contribution in [0.4, 0.5) is 36.6 Å². The maximum absolute atomic E-state index is 10.7. The molecule has 0 aromatic heterocycles. The van der Waals surface area contributed by atoms with Gasteiger partial charge in [0.05, 0.1) is 9.85 Å². The second-order valence-electron chi connectivity index (χ2n) is 23.8. The van der Waals surface area contributed by atoms with E-state index in [0.29, 0.717) is 11.1 Å². The van der Waals surface area contributed by atoms with E-state index in [0.717, 1.165) is 0 Å². The van der Waals surface area contributed by atoms with Gasteiger partial charge in [-0.15, -0.1) is 35.4 Å². The third kappa shape index (κ3) is 32.9. The van der Waals surface area contributed by atoms with E-state index in [1.165, 1.54) is 130 Å². The van der Waals surface area contributed by atoms with Gasteiger partial charge in [0.1, 0.15) is 0 Å². The number of nitro groups is 2. The number of hydrogen-bond acceptors (Lipinski definition) is 4. The maximum atomic E-state index is 10.1. The van der Waals surface area contributed by atoms with Crippen molar-refractivity contribution in [2.45, 2.75) is 0 Å². The first-order chi connectivity index (χ1) is 53.2. The Bertz CT molecular complexity index is 4190. The second kappa shape index (κ2) is 47.1. The average molecular weight is 1780 g/mol. The molecule has 0 aliphatic carbocycles. The van der Waals surface area contributed by atoms with Crippen molar-refractivity contribution in [1.29, 1.82) is 0 Å². The molecule has 0 amide bonds. The molecule has 14 aromatic rings. The van der Waals surface area contributed by atoms with E-state index < -0.39 is 65.2 Å². The van der Waals surface area contributed by atoms with E-state index >= 15 is 0 Å². The van der Waals surface area contributed by atoms with Gasteiger partial charge in [0.25, 0.3) is 11.4 Å². The summed E-state index contributed by atoms with van der Waals surface area (Å²) in [5.74, 6) is 7.76. The summed E-state index contributed by atoms with van der Waals surface area (Å²) in [6, 6.07) is 144. The van der Waals surface area contributed by atoms with E-state index in [4.69, 9.17) is 12.8 Å². The molecule has 0 N–H and O–H groups in total. The monoisotopic (exact) mass is 1780 g/mol. The number of hydrogen-bond donors (Lipinski definition) is 0. The fourth-order valence-electron chi connectivity index (χ4n) is 10.9. The van der Waals surface area contributed by atoms with Crippen molar-refractivity contribution in [3.05, 3.63) is 457 Å². The second-order valence-corrected chi connectivity index (χ2v) is 40.5. The normalized spacial score (nSPS) is 11.0. The van der Waals surface area contributed by atoms with Crippen molar-refractivity contribution >= 4 is 130 Å². The molecule has 0 spiro atoms. The van der Waals surface area contributed by atoms with Gasteiger partial charge in [-0.3, -0.25) is 32.1 Å². The molecule has 0 fully saturated rings. The van der Waals surface area contributed by atoms with Crippen LogP contribution in [-0.4, -0.2) is 27.6 Å². The molecule has 22 heteroatoms. The minimum Gasteiger partial charge on any atom is -0.366 e. The van der Waals surface area contributed by atoms with E-state index in [-0.39, 0.29) is 62.6 Å². The molecule has 582 valence electrons. The SMILES string of the molecule is F[P-](F)(F)(F)(F)F.[C-]#Cc1ccc([N+](=O)[O-])cc1.[C-]#Cc1ccc([N+](=O)[O-])cc1.[Cu+].[Cu+].[Cu+].c1ccc(P(CP(c2ccccc2)c2ccccc2)c2ccccc2)cc1.c1ccc(P(CP(c2ccccc2)c2ccccc2)c2ccccc2)cc1.c1ccc(P(CP(c2ccccc2)c2ccccc2)c2ccccc2)cc1. The number of benzene rings is 14. The fourth-order valence-corrected chi connectivity index (χ4v) is 30.3. The van der Waals surface area contributed by atoms with Crippen molar-refractivity contribution in [2.75, 3.05) is 17.7 Å².